The maximum atomic E-state index is 12.5. The van der Waals surface area contributed by atoms with Gasteiger partial charge in [-0.15, -0.1) is 0 Å². The fraction of sp³-hybridized carbons (Fsp3) is 0.579. The van der Waals surface area contributed by atoms with Crippen LogP contribution in [-0.4, -0.2) is 52.2 Å². The molecule has 0 radical (unpaired) electrons. The van der Waals surface area contributed by atoms with Crippen LogP contribution in [0.1, 0.15) is 39.6 Å². The third-order valence-electron chi connectivity index (χ3n) is 4.73. The van der Waals surface area contributed by atoms with E-state index < -0.39 is 6.10 Å². The van der Waals surface area contributed by atoms with Gasteiger partial charge in [-0.1, -0.05) is 12.1 Å². The number of morpholine rings is 1. The van der Waals surface area contributed by atoms with Gasteiger partial charge in [-0.2, -0.15) is 0 Å². The topological polar surface area (TPSA) is 59.4 Å². The summed E-state index contributed by atoms with van der Waals surface area (Å²) in [5.41, 5.74) is 2.06. The summed E-state index contributed by atoms with van der Waals surface area (Å²) in [4.78, 5) is 19.5. The molecule has 1 unspecified atom stereocenters. The number of nitrogens with one attached hydrogen (secondary N) is 1. The van der Waals surface area contributed by atoms with Crippen LogP contribution >= 0.6 is 0 Å². The standard InChI is InChI=1S/C19H28N4O2/c1-13(2)22-9-10-25-17(12-22)19(24)20-11-18-21-15-7-5-6-8-16(15)23(18)14(3)4/h5-8,13-14,17H,9-12H2,1-4H3,(H,20,24). The minimum Gasteiger partial charge on any atom is -0.366 e. The zero-order chi connectivity index (χ0) is 18.0. The molecule has 6 heteroatoms. The molecule has 1 saturated heterocycles. The van der Waals surface area contributed by atoms with Crippen LogP contribution in [0.15, 0.2) is 24.3 Å². The third-order valence-corrected chi connectivity index (χ3v) is 4.73. The van der Waals surface area contributed by atoms with E-state index in [1.807, 2.05) is 18.2 Å². The van der Waals surface area contributed by atoms with Crippen molar-refractivity contribution in [3.8, 4) is 0 Å². The maximum absolute atomic E-state index is 12.5. The predicted octanol–water partition coefficient (Wildman–Crippen LogP) is 2.34. The van der Waals surface area contributed by atoms with Crippen LogP contribution in [0.25, 0.3) is 11.0 Å². The highest BCUT2D eigenvalue weighted by Gasteiger charge is 2.28. The average Bonchev–Trinajstić information content (AvgIpc) is 2.98. The van der Waals surface area contributed by atoms with Gasteiger partial charge in [-0.05, 0) is 39.8 Å². The Kier molecular flexibility index (Phi) is 5.39. The fourth-order valence-corrected chi connectivity index (χ4v) is 3.37. The second-order valence-corrected chi connectivity index (χ2v) is 7.15. The Bertz CT molecular complexity index is 738. The predicted molar refractivity (Wildman–Crippen MR) is 98.4 cm³/mol. The molecule has 6 nitrogen and oxygen atoms in total. The first kappa shape index (κ1) is 17.9. The van der Waals surface area contributed by atoms with Crippen molar-refractivity contribution < 1.29 is 9.53 Å². The zero-order valence-corrected chi connectivity index (χ0v) is 15.5. The smallest absolute Gasteiger partial charge is 0.250 e. The fourth-order valence-electron chi connectivity index (χ4n) is 3.37. The van der Waals surface area contributed by atoms with E-state index in [1.54, 1.807) is 0 Å². The van der Waals surface area contributed by atoms with Gasteiger partial charge in [-0.25, -0.2) is 4.98 Å². The Balaban J connectivity index is 1.70. The SMILES string of the molecule is CC(C)N1CCOC(C(=O)NCc2nc3ccccc3n2C(C)C)C1. The molecule has 0 saturated carbocycles. The molecule has 1 N–H and O–H groups in total. The number of nitrogens with zero attached hydrogens (tertiary/aromatic N) is 3. The van der Waals surface area contributed by atoms with Gasteiger partial charge in [0, 0.05) is 25.2 Å². The first-order valence-corrected chi connectivity index (χ1v) is 9.06. The lowest BCUT2D eigenvalue weighted by atomic mass is 10.2. The van der Waals surface area contributed by atoms with Crippen molar-refractivity contribution in [3.05, 3.63) is 30.1 Å². The third kappa shape index (κ3) is 3.85. The summed E-state index contributed by atoms with van der Waals surface area (Å²) < 4.78 is 7.84. The van der Waals surface area contributed by atoms with E-state index in [0.29, 0.717) is 25.7 Å². The summed E-state index contributed by atoms with van der Waals surface area (Å²) in [5.74, 6) is 0.814. The van der Waals surface area contributed by atoms with Crippen LogP contribution in [0.4, 0.5) is 0 Å². The summed E-state index contributed by atoms with van der Waals surface area (Å²) in [6.45, 7) is 11.1. The Morgan fingerprint density at radius 3 is 2.76 bits per heavy atom. The van der Waals surface area contributed by atoms with Crippen LogP contribution in [0.2, 0.25) is 0 Å². The highest BCUT2D eigenvalue weighted by atomic mass is 16.5. The van der Waals surface area contributed by atoms with Gasteiger partial charge in [-0.3, -0.25) is 9.69 Å². The molecule has 0 spiro atoms. The summed E-state index contributed by atoms with van der Waals surface area (Å²) >= 11 is 0. The molecule has 1 aliphatic heterocycles. The van der Waals surface area contributed by atoms with E-state index in [2.05, 4.69) is 48.5 Å². The zero-order valence-electron chi connectivity index (χ0n) is 15.5. The van der Waals surface area contributed by atoms with Gasteiger partial charge < -0.3 is 14.6 Å². The Morgan fingerprint density at radius 2 is 2.04 bits per heavy atom. The lowest BCUT2D eigenvalue weighted by molar-refractivity contribution is -0.139. The van der Waals surface area contributed by atoms with Crippen molar-refractivity contribution in [1.82, 2.24) is 19.8 Å². The number of benzene rings is 1. The summed E-state index contributed by atoms with van der Waals surface area (Å²) in [5, 5.41) is 3.01. The highest BCUT2D eigenvalue weighted by Crippen LogP contribution is 2.21. The number of fused-ring (bicyclic) bond motifs is 1. The molecule has 0 bridgehead atoms. The normalized spacial score (nSPS) is 19.0. The van der Waals surface area contributed by atoms with Crippen molar-refractivity contribution in [2.75, 3.05) is 19.7 Å². The van der Waals surface area contributed by atoms with E-state index in [-0.39, 0.29) is 11.9 Å². The largest absolute Gasteiger partial charge is 0.366 e. The van der Waals surface area contributed by atoms with Crippen molar-refractivity contribution in [3.63, 3.8) is 0 Å². The molecule has 2 heterocycles. The Labute approximate surface area is 149 Å². The van der Waals surface area contributed by atoms with Gasteiger partial charge in [0.15, 0.2) is 0 Å². The molecular formula is C19H28N4O2. The Hall–Kier alpha value is -1.92. The van der Waals surface area contributed by atoms with Crippen LogP contribution in [0.3, 0.4) is 0 Å². The quantitative estimate of drug-likeness (QED) is 0.904. The minimum atomic E-state index is -0.409. The lowest BCUT2D eigenvalue weighted by Crippen LogP contribution is -2.51. The van der Waals surface area contributed by atoms with Crippen molar-refractivity contribution in [1.29, 1.82) is 0 Å². The van der Waals surface area contributed by atoms with Crippen molar-refractivity contribution in [2.45, 2.75) is 52.4 Å². The maximum Gasteiger partial charge on any atom is 0.250 e. The number of carbonyl (C=O) groups is 1. The average molecular weight is 344 g/mol. The Morgan fingerprint density at radius 1 is 1.28 bits per heavy atom. The van der Waals surface area contributed by atoms with E-state index in [1.165, 1.54) is 0 Å². The van der Waals surface area contributed by atoms with Crippen molar-refractivity contribution >= 4 is 16.9 Å². The highest BCUT2D eigenvalue weighted by molar-refractivity contribution is 5.81. The monoisotopic (exact) mass is 344 g/mol. The van der Waals surface area contributed by atoms with Gasteiger partial charge >= 0.3 is 0 Å². The molecule has 1 aromatic heterocycles. The number of imidazole rings is 1. The molecule has 1 aromatic carbocycles. The minimum absolute atomic E-state index is 0.0623. The molecule has 1 aliphatic rings. The van der Waals surface area contributed by atoms with Gasteiger partial charge in [0.25, 0.3) is 5.91 Å². The molecule has 1 fully saturated rings. The molecule has 0 aliphatic carbocycles. The van der Waals surface area contributed by atoms with Crippen LogP contribution in [-0.2, 0) is 16.1 Å². The number of hydrogen-bond acceptors (Lipinski definition) is 4. The summed E-state index contributed by atoms with van der Waals surface area (Å²) in [6.07, 6.45) is -0.409. The number of hydrogen-bond donors (Lipinski definition) is 1. The summed E-state index contributed by atoms with van der Waals surface area (Å²) in [6, 6.07) is 8.77. The first-order valence-electron chi connectivity index (χ1n) is 9.06. The van der Waals surface area contributed by atoms with E-state index >= 15 is 0 Å². The molecule has 1 atom stereocenters. The number of carbonyl (C=O) groups excluding carboxylic acids is 1. The molecule has 2 aromatic rings. The lowest BCUT2D eigenvalue weighted by Gasteiger charge is -2.34. The van der Waals surface area contributed by atoms with Gasteiger partial charge in [0.1, 0.15) is 11.9 Å². The molecule has 3 rings (SSSR count). The molecule has 1 amide bonds. The molecular weight excluding hydrogens is 316 g/mol. The number of ether oxygens (including phenoxy) is 1. The van der Waals surface area contributed by atoms with E-state index in [0.717, 1.165) is 23.4 Å². The number of aromatic nitrogens is 2. The van der Waals surface area contributed by atoms with Gasteiger partial charge in [0.2, 0.25) is 0 Å². The first-order chi connectivity index (χ1) is 12.0. The number of para-hydroxylation sites is 2. The van der Waals surface area contributed by atoms with E-state index in [4.69, 9.17) is 9.72 Å². The van der Waals surface area contributed by atoms with Crippen LogP contribution in [0.5, 0.6) is 0 Å². The van der Waals surface area contributed by atoms with Crippen molar-refractivity contribution in [2.24, 2.45) is 0 Å². The second kappa shape index (κ2) is 7.54. The van der Waals surface area contributed by atoms with Crippen LogP contribution < -0.4 is 5.32 Å². The van der Waals surface area contributed by atoms with Gasteiger partial charge in [0.05, 0.1) is 24.2 Å². The number of amides is 1. The van der Waals surface area contributed by atoms with Crippen LogP contribution in [0, 0.1) is 0 Å². The second-order valence-electron chi connectivity index (χ2n) is 7.15. The van der Waals surface area contributed by atoms with E-state index in [9.17, 15) is 4.79 Å². The summed E-state index contributed by atoms with van der Waals surface area (Å²) in [7, 11) is 0. The molecule has 136 valence electrons. The molecule has 25 heavy (non-hydrogen) atoms. The number of rotatable bonds is 5.